The van der Waals surface area contributed by atoms with Crippen LogP contribution in [-0.2, 0) is 0 Å². The topological polar surface area (TPSA) is 104 Å². The van der Waals surface area contributed by atoms with Crippen molar-refractivity contribution in [2.24, 2.45) is 0 Å². The molecule has 1 heterocycles. The number of nitrogens with zero attached hydrogens (tertiary/aromatic N) is 1. The fraction of sp³-hybridized carbons (Fsp3) is 0. The van der Waals surface area contributed by atoms with E-state index in [4.69, 9.17) is 0 Å². The predicted molar refractivity (Wildman–Crippen MR) is 54.9 cm³/mol. The number of nitro groups is 1. The van der Waals surface area contributed by atoms with Crippen molar-refractivity contribution in [3.8, 4) is 5.75 Å². The van der Waals surface area contributed by atoms with E-state index in [-0.39, 0.29) is 10.5 Å². The molecule has 0 saturated heterocycles. The minimum atomic E-state index is -3.07. The van der Waals surface area contributed by atoms with E-state index < -0.39 is 27.0 Å². The van der Waals surface area contributed by atoms with Crippen molar-refractivity contribution in [2.45, 2.75) is 4.90 Å². The highest BCUT2D eigenvalue weighted by molar-refractivity contribution is 8.27. The molecule has 1 aliphatic heterocycles. The highest BCUT2D eigenvalue weighted by atomic mass is 32.3. The van der Waals surface area contributed by atoms with Crippen LogP contribution in [0, 0.1) is 10.1 Å². The third-order valence-corrected chi connectivity index (χ3v) is 3.61. The molecule has 2 rings (SSSR count). The Morgan fingerprint density at radius 3 is 2.60 bits per heavy atom. The largest absolute Gasteiger partial charge is 0.502 e. The molecule has 80 valence electrons. The van der Waals surface area contributed by atoms with Crippen molar-refractivity contribution in [1.29, 1.82) is 0 Å². The molecule has 1 aromatic rings. The second-order valence-electron chi connectivity index (χ2n) is 3.00. The lowest BCUT2D eigenvalue weighted by Gasteiger charge is -2.24. The third kappa shape index (κ3) is 1.37. The standard InChI is InChI=1S/C8H7NO5S/c10-6-1-2-7-5(8(6)9(11)12)3-4-15(7,13)14/h1-4,10,13-14H. The van der Waals surface area contributed by atoms with Crippen LogP contribution in [0.3, 0.4) is 0 Å². The van der Waals surface area contributed by atoms with E-state index in [2.05, 4.69) is 0 Å². The van der Waals surface area contributed by atoms with Gasteiger partial charge in [-0.3, -0.25) is 19.2 Å². The number of nitro benzene ring substituents is 1. The lowest BCUT2D eigenvalue weighted by atomic mass is 10.1. The maximum Gasteiger partial charge on any atom is 0.319 e. The van der Waals surface area contributed by atoms with Gasteiger partial charge in [0.05, 0.1) is 15.4 Å². The predicted octanol–water partition coefficient (Wildman–Crippen LogP) is 2.39. The van der Waals surface area contributed by atoms with Crippen LogP contribution < -0.4 is 0 Å². The Morgan fingerprint density at radius 2 is 2.00 bits per heavy atom. The maximum absolute atomic E-state index is 10.7. The van der Waals surface area contributed by atoms with Gasteiger partial charge >= 0.3 is 5.69 Å². The Labute approximate surface area is 86.0 Å². The van der Waals surface area contributed by atoms with Crippen LogP contribution in [-0.4, -0.2) is 19.1 Å². The summed E-state index contributed by atoms with van der Waals surface area (Å²) in [7, 11) is -3.07. The first-order chi connectivity index (χ1) is 6.93. The lowest BCUT2D eigenvalue weighted by molar-refractivity contribution is -0.386. The Bertz CT molecular complexity index is 482. The number of phenolic OH excluding ortho intramolecular Hbond substituents is 1. The summed E-state index contributed by atoms with van der Waals surface area (Å²) in [5.41, 5.74) is -0.443. The van der Waals surface area contributed by atoms with Gasteiger partial charge in [-0.05, 0) is 18.2 Å². The Morgan fingerprint density at radius 1 is 1.33 bits per heavy atom. The van der Waals surface area contributed by atoms with Crippen LogP contribution in [0.1, 0.15) is 5.56 Å². The number of hydrogen-bond acceptors (Lipinski definition) is 5. The summed E-state index contributed by atoms with van der Waals surface area (Å²) >= 11 is 0. The van der Waals surface area contributed by atoms with Gasteiger partial charge in [-0.1, -0.05) is 0 Å². The molecule has 0 bridgehead atoms. The smallest absolute Gasteiger partial charge is 0.319 e. The van der Waals surface area contributed by atoms with Crippen molar-refractivity contribution in [3.63, 3.8) is 0 Å². The molecule has 7 heteroatoms. The lowest BCUT2D eigenvalue weighted by Crippen LogP contribution is -1.96. The number of phenols is 1. The van der Waals surface area contributed by atoms with E-state index in [0.29, 0.717) is 0 Å². The highest BCUT2D eigenvalue weighted by Gasteiger charge is 2.30. The molecule has 0 spiro atoms. The Balaban J connectivity index is 2.74. The number of rotatable bonds is 1. The van der Waals surface area contributed by atoms with Crippen LogP contribution in [0.15, 0.2) is 22.4 Å². The molecule has 0 fully saturated rings. The van der Waals surface area contributed by atoms with Gasteiger partial charge in [0.25, 0.3) is 0 Å². The van der Waals surface area contributed by atoms with Crippen LogP contribution in [0.25, 0.3) is 6.08 Å². The van der Waals surface area contributed by atoms with Gasteiger partial charge < -0.3 is 5.11 Å². The minimum Gasteiger partial charge on any atom is -0.502 e. The van der Waals surface area contributed by atoms with Crippen molar-refractivity contribution in [3.05, 3.63) is 33.2 Å². The summed E-state index contributed by atoms with van der Waals surface area (Å²) in [6, 6.07) is 2.35. The fourth-order valence-corrected chi connectivity index (χ4v) is 2.66. The molecule has 0 atom stereocenters. The second kappa shape index (κ2) is 2.96. The molecule has 1 aromatic carbocycles. The molecule has 0 saturated carbocycles. The average Bonchev–Trinajstić information content (AvgIpc) is 2.41. The van der Waals surface area contributed by atoms with Gasteiger partial charge in [-0.15, -0.1) is 10.6 Å². The molecule has 3 N–H and O–H groups in total. The molecule has 0 amide bonds. The highest BCUT2D eigenvalue weighted by Crippen LogP contribution is 2.58. The molecular formula is C8H7NO5S. The van der Waals surface area contributed by atoms with E-state index in [0.717, 1.165) is 11.5 Å². The van der Waals surface area contributed by atoms with Gasteiger partial charge in [0.1, 0.15) is 0 Å². The van der Waals surface area contributed by atoms with Crippen LogP contribution in [0.5, 0.6) is 5.75 Å². The van der Waals surface area contributed by atoms with Crippen molar-refractivity contribution < 1.29 is 19.1 Å². The van der Waals surface area contributed by atoms with Gasteiger partial charge in [-0.25, -0.2) is 0 Å². The summed E-state index contributed by atoms with van der Waals surface area (Å²) in [5.74, 6) is -0.486. The number of aromatic hydroxyl groups is 1. The minimum absolute atomic E-state index is 0.0556. The van der Waals surface area contributed by atoms with Crippen LogP contribution in [0.2, 0.25) is 0 Å². The van der Waals surface area contributed by atoms with Crippen molar-refractivity contribution in [1.82, 2.24) is 0 Å². The van der Waals surface area contributed by atoms with E-state index >= 15 is 0 Å². The van der Waals surface area contributed by atoms with Crippen LogP contribution in [0.4, 0.5) is 5.69 Å². The first-order valence-electron chi connectivity index (χ1n) is 3.90. The molecule has 0 unspecified atom stereocenters. The van der Waals surface area contributed by atoms with E-state index in [1.54, 1.807) is 0 Å². The zero-order valence-electron chi connectivity index (χ0n) is 7.32. The summed E-state index contributed by atoms with van der Waals surface area (Å²) in [6.07, 6.45) is 1.24. The molecular weight excluding hydrogens is 222 g/mol. The molecule has 6 nitrogen and oxygen atoms in total. The molecule has 0 radical (unpaired) electrons. The first kappa shape index (κ1) is 9.97. The first-order valence-corrected chi connectivity index (χ1v) is 5.51. The molecule has 15 heavy (non-hydrogen) atoms. The zero-order chi connectivity index (χ0) is 11.2. The van der Waals surface area contributed by atoms with Gasteiger partial charge in [0, 0.05) is 5.41 Å². The summed E-state index contributed by atoms with van der Waals surface area (Å²) in [6.45, 7) is 0. The number of hydrogen-bond donors (Lipinski definition) is 3. The fourth-order valence-electron chi connectivity index (χ4n) is 1.43. The van der Waals surface area contributed by atoms with Crippen molar-refractivity contribution >= 4 is 22.4 Å². The Kier molecular flexibility index (Phi) is 1.97. The quantitative estimate of drug-likeness (QED) is 0.506. The maximum atomic E-state index is 10.7. The monoisotopic (exact) mass is 229 g/mol. The third-order valence-electron chi connectivity index (χ3n) is 2.09. The van der Waals surface area contributed by atoms with Gasteiger partial charge in [0.15, 0.2) is 5.75 Å². The summed E-state index contributed by atoms with van der Waals surface area (Å²) < 4.78 is 19.0. The van der Waals surface area contributed by atoms with Gasteiger partial charge in [0.2, 0.25) is 0 Å². The molecule has 1 aliphatic rings. The summed E-state index contributed by atoms with van der Waals surface area (Å²) in [5, 5.41) is 21.0. The zero-order valence-corrected chi connectivity index (χ0v) is 8.14. The van der Waals surface area contributed by atoms with E-state index in [1.165, 1.54) is 12.1 Å². The molecule has 0 aromatic heterocycles. The van der Waals surface area contributed by atoms with E-state index in [9.17, 15) is 24.3 Å². The van der Waals surface area contributed by atoms with E-state index in [1.807, 2.05) is 0 Å². The van der Waals surface area contributed by atoms with Gasteiger partial charge in [-0.2, -0.15) is 0 Å². The summed E-state index contributed by atoms with van der Waals surface area (Å²) in [4.78, 5) is 9.98. The number of fused-ring (bicyclic) bond motifs is 1. The molecule has 0 aliphatic carbocycles. The van der Waals surface area contributed by atoms with Crippen LogP contribution >= 0.6 is 10.6 Å². The normalized spacial score (nSPS) is 18.5. The SMILES string of the molecule is O=[N+]([O-])c1c(O)ccc2c1C=CS2(O)O. The second-order valence-corrected chi connectivity index (χ2v) is 4.90. The average molecular weight is 229 g/mol. The van der Waals surface area contributed by atoms with Crippen molar-refractivity contribution in [2.75, 3.05) is 0 Å². The number of benzene rings is 1. The Hall–Kier alpha value is -1.57.